The molecule has 2 fully saturated rings. The fourth-order valence-corrected chi connectivity index (χ4v) is 6.59. The Labute approximate surface area is 156 Å². The molecule has 0 aromatic heterocycles. The molecule has 26 heavy (non-hydrogen) atoms. The topological polar surface area (TPSA) is 57.7 Å². The molecule has 0 radical (unpaired) electrons. The van der Waals surface area contributed by atoms with Crippen molar-refractivity contribution >= 4 is 21.4 Å². The normalized spacial score (nSPS) is 25.2. The molecule has 1 aromatic carbocycles. The van der Waals surface area contributed by atoms with Gasteiger partial charge in [-0.3, -0.25) is 4.79 Å². The van der Waals surface area contributed by atoms with Gasteiger partial charge in [0.1, 0.15) is 0 Å². The zero-order valence-electron chi connectivity index (χ0n) is 15.3. The van der Waals surface area contributed by atoms with Crippen molar-refractivity contribution in [1.82, 2.24) is 4.90 Å². The van der Waals surface area contributed by atoms with E-state index in [0.717, 1.165) is 44.3 Å². The van der Waals surface area contributed by atoms with Crippen LogP contribution in [0, 0.1) is 0 Å². The number of benzene rings is 1. The number of hydrogen-bond acceptors (Lipinski definition) is 4. The fraction of sp³-hybridized carbons (Fsp3) is 0.650. The minimum Gasteiger partial charge on any atom is -0.362 e. The highest BCUT2D eigenvalue weighted by Crippen LogP contribution is 2.31. The molecule has 6 heteroatoms. The largest absolute Gasteiger partial charge is 0.362 e. The van der Waals surface area contributed by atoms with Crippen LogP contribution in [0.2, 0.25) is 0 Å². The lowest BCUT2D eigenvalue weighted by Crippen LogP contribution is -2.52. The van der Waals surface area contributed by atoms with Crippen molar-refractivity contribution in [3.63, 3.8) is 0 Å². The van der Waals surface area contributed by atoms with E-state index in [2.05, 4.69) is 17.0 Å². The van der Waals surface area contributed by atoms with Crippen LogP contribution in [0.25, 0.3) is 0 Å². The standard InChI is InChI=1S/C20H28N2O3S/c23-20(14-21-12-10-16-6-4-5-9-19(16)21)22(17-7-2-1-3-8-17)18-11-13-26(24,25)15-18/h4-6,9,17-18H,1-3,7-8,10-15H2. The molecule has 1 atom stereocenters. The second-order valence-corrected chi connectivity index (χ2v) is 10.2. The summed E-state index contributed by atoms with van der Waals surface area (Å²) in [5, 5.41) is 0. The highest BCUT2D eigenvalue weighted by atomic mass is 32.2. The molecule has 1 saturated heterocycles. The summed E-state index contributed by atoms with van der Waals surface area (Å²) >= 11 is 0. The maximum absolute atomic E-state index is 13.3. The Kier molecular flexibility index (Phi) is 4.95. The molecule has 1 saturated carbocycles. The summed E-state index contributed by atoms with van der Waals surface area (Å²) in [5.41, 5.74) is 2.46. The number of anilines is 1. The lowest BCUT2D eigenvalue weighted by Gasteiger charge is -2.39. The summed E-state index contributed by atoms with van der Waals surface area (Å²) in [7, 11) is -3.00. The lowest BCUT2D eigenvalue weighted by molar-refractivity contribution is -0.135. The van der Waals surface area contributed by atoms with Crippen molar-refractivity contribution in [3.8, 4) is 0 Å². The minimum absolute atomic E-state index is 0.107. The van der Waals surface area contributed by atoms with E-state index in [-0.39, 0.29) is 29.5 Å². The molecular formula is C20H28N2O3S. The predicted octanol–water partition coefficient (Wildman–Crippen LogP) is 2.40. The van der Waals surface area contributed by atoms with Crippen LogP contribution in [-0.4, -0.2) is 55.9 Å². The molecule has 0 N–H and O–H groups in total. The van der Waals surface area contributed by atoms with E-state index in [9.17, 15) is 13.2 Å². The van der Waals surface area contributed by atoms with E-state index in [1.165, 1.54) is 12.0 Å². The van der Waals surface area contributed by atoms with E-state index in [1.54, 1.807) is 0 Å². The summed E-state index contributed by atoms with van der Waals surface area (Å²) in [6.45, 7) is 1.23. The number of rotatable bonds is 4. The minimum atomic E-state index is -3.00. The Hall–Kier alpha value is -1.56. The molecule has 142 valence electrons. The Morgan fingerprint density at radius 3 is 2.58 bits per heavy atom. The molecule has 3 aliphatic rings. The van der Waals surface area contributed by atoms with Crippen molar-refractivity contribution in [1.29, 1.82) is 0 Å². The second kappa shape index (κ2) is 7.22. The molecule has 1 amide bonds. The molecule has 5 nitrogen and oxygen atoms in total. The van der Waals surface area contributed by atoms with Gasteiger partial charge >= 0.3 is 0 Å². The van der Waals surface area contributed by atoms with Crippen LogP contribution in [0.4, 0.5) is 5.69 Å². The number of amides is 1. The first-order valence-corrected chi connectivity index (χ1v) is 11.7. The van der Waals surface area contributed by atoms with E-state index >= 15 is 0 Å². The quantitative estimate of drug-likeness (QED) is 0.810. The molecule has 0 spiro atoms. The van der Waals surface area contributed by atoms with E-state index in [4.69, 9.17) is 0 Å². The van der Waals surface area contributed by atoms with Crippen LogP contribution >= 0.6 is 0 Å². The fourth-order valence-electron chi connectivity index (χ4n) is 4.88. The van der Waals surface area contributed by atoms with Crippen LogP contribution < -0.4 is 4.90 Å². The van der Waals surface area contributed by atoms with Crippen LogP contribution in [0.5, 0.6) is 0 Å². The number of hydrogen-bond donors (Lipinski definition) is 0. The second-order valence-electron chi connectivity index (χ2n) is 7.95. The van der Waals surface area contributed by atoms with Crippen molar-refractivity contribution in [2.24, 2.45) is 0 Å². The molecule has 1 aromatic rings. The molecule has 2 heterocycles. The smallest absolute Gasteiger partial charge is 0.242 e. The van der Waals surface area contributed by atoms with Gasteiger partial charge in [0, 0.05) is 24.3 Å². The summed E-state index contributed by atoms with van der Waals surface area (Å²) in [6.07, 6.45) is 7.10. The van der Waals surface area contributed by atoms with Crippen LogP contribution in [0.1, 0.15) is 44.1 Å². The Balaban J connectivity index is 1.52. The zero-order valence-corrected chi connectivity index (χ0v) is 16.1. The third kappa shape index (κ3) is 3.61. The van der Waals surface area contributed by atoms with E-state index in [0.29, 0.717) is 13.0 Å². The summed E-state index contributed by atoms with van der Waals surface area (Å²) in [5.74, 6) is 0.475. The van der Waals surface area contributed by atoms with Gasteiger partial charge in [0.15, 0.2) is 9.84 Å². The Morgan fingerprint density at radius 1 is 1.08 bits per heavy atom. The van der Waals surface area contributed by atoms with Gasteiger partial charge < -0.3 is 9.80 Å². The van der Waals surface area contributed by atoms with Crippen molar-refractivity contribution in [3.05, 3.63) is 29.8 Å². The van der Waals surface area contributed by atoms with Crippen LogP contribution in [0.15, 0.2) is 24.3 Å². The number of carbonyl (C=O) groups is 1. The Morgan fingerprint density at radius 2 is 1.85 bits per heavy atom. The van der Waals surface area contributed by atoms with E-state index in [1.807, 2.05) is 17.0 Å². The first-order valence-electron chi connectivity index (χ1n) is 9.88. The van der Waals surface area contributed by atoms with Gasteiger partial charge in [0.05, 0.1) is 18.1 Å². The summed E-state index contributed by atoms with van der Waals surface area (Å²) in [6, 6.07) is 8.36. The number of nitrogens with zero attached hydrogens (tertiary/aromatic N) is 2. The van der Waals surface area contributed by atoms with E-state index < -0.39 is 9.84 Å². The molecule has 1 aliphatic carbocycles. The van der Waals surface area contributed by atoms with Crippen molar-refractivity contribution in [2.75, 3.05) is 29.5 Å². The molecular weight excluding hydrogens is 348 g/mol. The number of fused-ring (bicyclic) bond motifs is 1. The van der Waals surface area contributed by atoms with Gasteiger partial charge in [-0.15, -0.1) is 0 Å². The first-order chi connectivity index (χ1) is 12.5. The predicted molar refractivity (Wildman–Crippen MR) is 103 cm³/mol. The first kappa shape index (κ1) is 17.8. The van der Waals surface area contributed by atoms with Gasteiger partial charge in [-0.1, -0.05) is 37.5 Å². The lowest BCUT2D eigenvalue weighted by atomic mass is 9.92. The van der Waals surface area contributed by atoms with Crippen LogP contribution in [-0.2, 0) is 21.1 Å². The number of carbonyl (C=O) groups excluding carboxylic acids is 1. The van der Waals surface area contributed by atoms with Gasteiger partial charge in [-0.2, -0.15) is 0 Å². The van der Waals surface area contributed by atoms with Crippen LogP contribution in [0.3, 0.4) is 0 Å². The average Bonchev–Trinajstić information content (AvgIpc) is 3.20. The van der Waals surface area contributed by atoms with Crippen molar-refractivity contribution < 1.29 is 13.2 Å². The molecule has 2 aliphatic heterocycles. The summed E-state index contributed by atoms with van der Waals surface area (Å²) in [4.78, 5) is 17.4. The highest BCUT2D eigenvalue weighted by molar-refractivity contribution is 7.91. The Bertz CT molecular complexity index is 771. The van der Waals surface area contributed by atoms with Gasteiger partial charge in [-0.25, -0.2) is 8.42 Å². The molecule has 4 rings (SSSR count). The molecule has 1 unspecified atom stereocenters. The number of para-hydroxylation sites is 1. The monoisotopic (exact) mass is 376 g/mol. The maximum Gasteiger partial charge on any atom is 0.242 e. The molecule has 0 bridgehead atoms. The third-order valence-electron chi connectivity index (χ3n) is 6.17. The maximum atomic E-state index is 13.3. The number of sulfone groups is 1. The SMILES string of the molecule is O=C(CN1CCc2ccccc21)N(C1CCCCC1)C1CCS(=O)(=O)C1. The van der Waals surface area contributed by atoms with Gasteiger partial charge in [0.25, 0.3) is 0 Å². The van der Waals surface area contributed by atoms with Crippen molar-refractivity contribution in [2.45, 2.75) is 57.0 Å². The van der Waals surface area contributed by atoms with Gasteiger partial charge in [-0.05, 0) is 37.3 Å². The van der Waals surface area contributed by atoms with Gasteiger partial charge in [0.2, 0.25) is 5.91 Å². The average molecular weight is 377 g/mol. The highest BCUT2D eigenvalue weighted by Gasteiger charge is 2.39. The summed E-state index contributed by atoms with van der Waals surface area (Å²) < 4.78 is 24.0. The third-order valence-corrected chi connectivity index (χ3v) is 7.92. The zero-order chi connectivity index (χ0) is 18.1.